The minimum Gasteiger partial charge on any atom is -0.504 e. The molecule has 0 aliphatic carbocycles. The van der Waals surface area contributed by atoms with Crippen molar-refractivity contribution in [1.29, 1.82) is 0 Å². The van der Waals surface area contributed by atoms with Gasteiger partial charge in [-0.15, -0.1) is 0 Å². The van der Waals surface area contributed by atoms with Crippen molar-refractivity contribution in [2.75, 3.05) is 12.4 Å². The highest BCUT2D eigenvalue weighted by Gasteiger charge is 2.12. The third kappa shape index (κ3) is 4.55. The molecule has 0 fully saturated rings. The Labute approximate surface area is 113 Å². The smallest absolute Gasteiger partial charge is 0.303 e. The Kier molecular flexibility index (Phi) is 5.25. The highest BCUT2D eigenvalue weighted by Crippen LogP contribution is 2.36. The number of phenolic OH excluding ortho intramolecular Hbond substituents is 1. The third-order valence-electron chi connectivity index (χ3n) is 2.10. The monoisotopic (exact) mass is 285 g/mol. The molecular formula is C11H12ClN3O4. The molecule has 0 aliphatic heterocycles. The van der Waals surface area contributed by atoms with Crippen LogP contribution in [-0.4, -0.2) is 29.1 Å². The lowest BCUT2D eigenvalue weighted by atomic mass is 10.2. The van der Waals surface area contributed by atoms with Gasteiger partial charge in [-0.3, -0.25) is 9.59 Å². The number of halogens is 1. The van der Waals surface area contributed by atoms with Gasteiger partial charge in [-0.2, -0.15) is 10.2 Å². The summed E-state index contributed by atoms with van der Waals surface area (Å²) in [6.07, 6.45) is -0.499. The summed E-state index contributed by atoms with van der Waals surface area (Å²) >= 11 is 5.77. The number of aliphatic carboxylic acids is 1. The van der Waals surface area contributed by atoms with Crippen molar-refractivity contribution in [2.24, 2.45) is 10.2 Å². The lowest BCUT2D eigenvalue weighted by Crippen LogP contribution is -2.13. The number of carbonyl (C=O) groups excluding carboxylic acids is 1. The molecule has 0 spiro atoms. The Bertz CT molecular complexity index is 531. The molecule has 0 radical (unpaired) electrons. The van der Waals surface area contributed by atoms with Gasteiger partial charge in [0, 0.05) is 13.5 Å². The van der Waals surface area contributed by atoms with Crippen LogP contribution < -0.4 is 5.32 Å². The number of rotatable bonds is 5. The van der Waals surface area contributed by atoms with Crippen LogP contribution in [0.2, 0.25) is 5.02 Å². The Balaban J connectivity index is 2.87. The van der Waals surface area contributed by atoms with Gasteiger partial charge in [-0.25, -0.2) is 0 Å². The van der Waals surface area contributed by atoms with Gasteiger partial charge < -0.3 is 15.5 Å². The number of aromatic hydroxyl groups is 1. The molecule has 1 amide bonds. The third-order valence-corrected chi connectivity index (χ3v) is 2.39. The lowest BCUT2D eigenvalue weighted by molar-refractivity contribution is -0.138. The number of azo groups is 1. The van der Waals surface area contributed by atoms with Crippen LogP contribution in [0.15, 0.2) is 22.4 Å². The lowest BCUT2D eigenvalue weighted by Gasteiger charge is -2.08. The highest BCUT2D eigenvalue weighted by atomic mass is 35.5. The molecule has 0 unspecified atom stereocenters. The van der Waals surface area contributed by atoms with Crippen molar-refractivity contribution in [2.45, 2.75) is 12.8 Å². The molecule has 102 valence electrons. The van der Waals surface area contributed by atoms with Crippen LogP contribution in [-0.2, 0) is 9.59 Å². The molecule has 7 nitrogen and oxygen atoms in total. The van der Waals surface area contributed by atoms with Crippen molar-refractivity contribution in [3.63, 3.8) is 0 Å². The summed E-state index contributed by atoms with van der Waals surface area (Å²) in [5, 5.41) is 27.8. The summed E-state index contributed by atoms with van der Waals surface area (Å²) in [5.74, 6) is -1.93. The number of carbonyl (C=O) groups is 2. The molecule has 19 heavy (non-hydrogen) atoms. The molecule has 0 saturated carbocycles. The number of benzene rings is 1. The SMILES string of the molecule is C/N=N\c1cc(Cl)c(O)c(NC(=O)CCC(=O)O)c1. The number of nitrogens with one attached hydrogen (secondary N) is 1. The normalized spacial score (nSPS) is 10.6. The number of nitrogens with zero attached hydrogens (tertiary/aromatic N) is 2. The molecule has 8 heteroatoms. The molecule has 0 heterocycles. The summed E-state index contributed by atoms with van der Waals surface area (Å²) < 4.78 is 0. The summed E-state index contributed by atoms with van der Waals surface area (Å²) in [6, 6.07) is 2.77. The first-order chi connectivity index (χ1) is 8.93. The van der Waals surface area contributed by atoms with E-state index in [0.29, 0.717) is 5.69 Å². The number of hydrogen-bond donors (Lipinski definition) is 3. The van der Waals surface area contributed by atoms with E-state index < -0.39 is 11.9 Å². The van der Waals surface area contributed by atoms with Crippen LogP contribution in [0.1, 0.15) is 12.8 Å². The van der Waals surface area contributed by atoms with Crippen molar-refractivity contribution < 1.29 is 19.8 Å². The van der Waals surface area contributed by atoms with Crippen LogP contribution in [0.4, 0.5) is 11.4 Å². The average molecular weight is 286 g/mol. The molecule has 0 aliphatic rings. The maximum absolute atomic E-state index is 11.5. The van der Waals surface area contributed by atoms with Crippen molar-refractivity contribution >= 4 is 34.9 Å². The van der Waals surface area contributed by atoms with Crippen molar-refractivity contribution in [3.8, 4) is 5.75 Å². The Hall–Kier alpha value is -2.15. The molecule has 0 atom stereocenters. The number of amides is 1. The van der Waals surface area contributed by atoms with Gasteiger partial charge in [0.05, 0.1) is 22.8 Å². The maximum Gasteiger partial charge on any atom is 0.303 e. The first kappa shape index (κ1) is 14.9. The number of hydrogen-bond acceptors (Lipinski definition) is 5. The van der Waals surface area contributed by atoms with E-state index >= 15 is 0 Å². The second kappa shape index (κ2) is 6.69. The van der Waals surface area contributed by atoms with Crippen LogP contribution in [0, 0.1) is 0 Å². The van der Waals surface area contributed by atoms with Gasteiger partial charge in [0.15, 0.2) is 5.75 Å². The van der Waals surface area contributed by atoms with Gasteiger partial charge in [0.2, 0.25) is 5.91 Å². The fourth-order valence-corrected chi connectivity index (χ4v) is 1.50. The first-order valence-electron chi connectivity index (χ1n) is 5.28. The molecule has 1 aromatic rings. The zero-order chi connectivity index (χ0) is 14.4. The topological polar surface area (TPSA) is 111 Å². The molecule has 0 bridgehead atoms. The minimum atomic E-state index is -1.08. The number of carboxylic acid groups (broad SMARTS) is 1. The van der Waals surface area contributed by atoms with E-state index in [1.165, 1.54) is 19.2 Å². The zero-order valence-corrected chi connectivity index (χ0v) is 10.8. The Morgan fingerprint density at radius 3 is 2.63 bits per heavy atom. The number of phenols is 1. The summed E-state index contributed by atoms with van der Waals surface area (Å²) in [4.78, 5) is 21.8. The van der Waals surface area contributed by atoms with E-state index in [9.17, 15) is 14.7 Å². The predicted molar refractivity (Wildman–Crippen MR) is 69.1 cm³/mol. The van der Waals surface area contributed by atoms with E-state index in [2.05, 4.69) is 15.5 Å². The Morgan fingerprint density at radius 1 is 1.37 bits per heavy atom. The zero-order valence-electron chi connectivity index (χ0n) is 10.1. The molecule has 0 aromatic heterocycles. The largest absolute Gasteiger partial charge is 0.504 e. The quantitative estimate of drug-likeness (QED) is 0.570. The minimum absolute atomic E-state index is 0.0124. The highest BCUT2D eigenvalue weighted by molar-refractivity contribution is 6.32. The van der Waals surface area contributed by atoms with Gasteiger partial charge in [-0.1, -0.05) is 11.6 Å². The predicted octanol–water partition coefficient (Wildman–Crippen LogP) is 2.56. The van der Waals surface area contributed by atoms with Crippen molar-refractivity contribution in [3.05, 3.63) is 17.2 Å². The van der Waals surface area contributed by atoms with Crippen molar-refractivity contribution in [1.82, 2.24) is 0 Å². The van der Waals surface area contributed by atoms with Crippen LogP contribution >= 0.6 is 11.6 Å². The van der Waals surface area contributed by atoms with E-state index in [0.717, 1.165) is 0 Å². The number of anilines is 1. The second-order valence-electron chi connectivity index (χ2n) is 3.57. The molecular weight excluding hydrogens is 274 g/mol. The van der Waals surface area contributed by atoms with E-state index in [-0.39, 0.29) is 29.3 Å². The van der Waals surface area contributed by atoms with Crippen LogP contribution in [0.3, 0.4) is 0 Å². The summed E-state index contributed by atoms with van der Waals surface area (Å²) in [7, 11) is 1.46. The Morgan fingerprint density at radius 2 is 2.05 bits per heavy atom. The van der Waals surface area contributed by atoms with E-state index in [4.69, 9.17) is 16.7 Å². The van der Waals surface area contributed by atoms with Crippen LogP contribution in [0.5, 0.6) is 5.75 Å². The number of carboxylic acids is 1. The second-order valence-corrected chi connectivity index (χ2v) is 3.97. The average Bonchev–Trinajstić information content (AvgIpc) is 2.33. The fraction of sp³-hybridized carbons (Fsp3) is 0.273. The van der Waals surface area contributed by atoms with E-state index in [1.807, 2.05) is 0 Å². The van der Waals surface area contributed by atoms with Gasteiger partial charge >= 0.3 is 5.97 Å². The molecule has 0 saturated heterocycles. The molecule has 3 N–H and O–H groups in total. The van der Waals surface area contributed by atoms with E-state index in [1.54, 1.807) is 0 Å². The van der Waals surface area contributed by atoms with Crippen LogP contribution in [0.25, 0.3) is 0 Å². The summed E-state index contributed by atoms with van der Waals surface area (Å²) in [5.41, 5.74) is 0.420. The summed E-state index contributed by atoms with van der Waals surface area (Å²) in [6.45, 7) is 0. The van der Waals surface area contributed by atoms with Gasteiger partial charge in [0.25, 0.3) is 0 Å². The fourth-order valence-electron chi connectivity index (χ4n) is 1.29. The maximum atomic E-state index is 11.5. The standard InChI is InChI=1S/C11H12ClN3O4/c1-13-15-6-4-7(12)11(19)8(5-6)14-9(16)2-3-10(17)18/h4-5,19H,2-3H2,1H3,(H,14,16)(H,17,18)/b15-13-. The molecule has 1 aromatic carbocycles. The van der Waals surface area contributed by atoms with Gasteiger partial charge in [0.1, 0.15) is 0 Å². The first-order valence-corrected chi connectivity index (χ1v) is 5.66. The molecule has 1 rings (SSSR count). The van der Waals surface area contributed by atoms with Gasteiger partial charge in [-0.05, 0) is 12.1 Å².